The first-order valence-corrected chi connectivity index (χ1v) is 11.3. The van der Waals surface area contributed by atoms with Gasteiger partial charge in [0, 0.05) is 0 Å². The Morgan fingerprint density at radius 1 is 1.00 bits per heavy atom. The highest BCUT2D eigenvalue weighted by molar-refractivity contribution is 5.36. The highest BCUT2D eigenvalue weighted by Gasteiger charge is 2.30. The van der Waals surface area contributed by atoms with Crippen molar-refractivity contribution < 1.29 is 9.47 Å². The maximum atomic E-state index is 6.39. The fourth-order valence-corrected chi connectivity index (χ4v) is 4.87. The zero-order valence-corrected chi connectivity index (χ0v) is 18.0. The first-order valence-electron chi connectivity index (χ1n) is 11.3. The molecule has 2 unspecified atom stereocenters. The van der Waals surface area contributed by atoms with Crippen LogP contribution in [0.2, 0.25) is 0 Å². The van der Waals surface area contributed by atoms with Crippen LogP contribution >= 0.6 is 0 Å². The second-order valence-corrected chi connectivity index (χ2v) is 10.0. The molecule has 0 aliphatic heterocycles. The Labute approximate surface area is 167 Å². The number of benzene rings is 1. The highest BCUT2D eigenvalue weighted by Crippen LogP contribution is 2.39. The molecule has 2 aliphatic carbocycles. The molecular weight excluding hydrogens is 332 g/mol. The summed E-state index contributed by atoms with van der Waals surface area (Å²) in [5, 5.41) is 0. The van der Waals surface area contributed by atoms with E-state index in [4.69, 9.17) is 9.47 Å². The van der Waals surface area contributed by atoms with E-state index < -0.39 is 0 Å². The molecule has 1 aromatic carbocycles. The van der Waals surface area contributed by atoms with E-state index in [9.17, 15) is 0 Å². The lowest BCUT2D eigenvalue weighted by atomic mass is 9.84. The normalized spacial score (nSPS) is 25.5. The molecular formula is C25H40O2. The minimum atomic E-state index is -0.0296. The molecule has 2 nitrogen and oxygen atoms in total. The van der Waals surface area contributed by atoms with E-state index in [1.165, 1.54) is 56.9 Å². The topological polar surface area (TPSA) is 18.5 Å². The minimum absolute atomic E-state index is 0.0296. The van der Waals surface area contributed by atoms with Crippen LogP contribution in [0.4, 0.5) is 0 Å². The van der Waals surface area contributed by atoms with Crippen molar-refractivity contribution in [2.75, 3.05) is 13.2 Å². The molecule has 2 fully saturated rings. The van der Waals surface area contributed by atoms with Gasteiger partial charge in [-0.3, -0.25) is 0 Å². The Hall–Kier alpha value is -1.02. The van der Waals surface area contributed by atoms with Gasteiger partial charge in [0.05, 0.1) is 18.8 Å². The fraction of sp³-hybridized carbons (Fsp3) is 0.760. The van der Waals surface area contributed by atoms with Gasteiger partial charge in [-0.05, 0) is 88.2 Å². The van der Waals surface area contributed by atoms with E-state index in [0.29, 0.717) is 17.8 Å². The molecule has 0 saturated heterocycles. The Morgan fingerprint density at radius 3 is 2.48 bits per heavy atom. The molecule has 3 rings (SSSR count). The largest absolute Gasteiger partial charge is 0.493 e. The average molecular weight is 373 g/mol. The summed E-state index contributed by atoms with van der Waals surface area (Å²) in [4.78, 5) is 0. The van der Waals surface area contributed by atoms with Crippen molar-refractivity contribution in [2.45, 2.75) is 90.6 Å². The summed E-state index contributed by atoms with van der Waals surface area (Å²) in [5.41, 5.74) is 1.43. The van der Waals surface area contributed by atoms with Gasteiger partial charge in [0.15, 0.2) is 0 Å². The third-order valence-corrected chi connectivity index (χ3v) is 6.60. The first kappa shape index (κ1) is 20.7. The molecule has 152 valence electrons. The first-order chi connectivity index (χ1) is 12.9. The van der Waals surface area contributed by atoms with E-state index in [1.54, 1.807) is 0 Å². The van der Waals surface area contributed by atoms with Crippen LogP contribution in [-0.2, 0) is 4.74 Å². The van der Waals surface area contributed by atoms with E-state index in [-0.39, 0.29) is 5.60 Å². The van der Waals surface area contributed by atoms with Gasteiger partial charge in [-0.2, -0.15) is 0 Å². The zero-order chi connectivity index (χ0) is 19.3. The molecule has 0 radical (unpaired) electrons. The summed E-state index contributed by atoms with van der Waals surface area (Å²) >= 11 is 0. The van der Waals surface area contributed by atoms with Crippen LogP contribution in [0.1, 0.15) is 90.5 Å². The quantitative estimate of drug-likeness (QED) is 0.514. The zero-order valence-electron chi connectivity index (χ0n) is 18.0. The molecule has 1 aromatic rings. The van der Waals surface area contributed by atoms with Gasteiger partial charge in [0.25, 0.3) is 0 Å². The van der Waals surface area contributed by atoms with Crippen LogP contribution in [0, 0.1) is 17.8 Å². The molecule has 2 aliphatic rings. The van der Waals surface area contributed by atoms with Crippen molar-refractivity contribution >= 4 is 0 Å². The lowest BCUT2D eigenvalue weighted by Crippen LogP contribution is -2.25. The maximum absolute atomic E-state index is 6.39. The number of ether oxygens (including phenoxy) is 2. The van der Waals surface area contributed by atoms with Crippen LogP contribution < -0.4 is 4.74 Å². The van der Waals surface area contributed by atoms with E-state index in [0.717, 1.165) is 24.9 Å². The van der Waals surface area contributed by atoms with Crippen LogP contribution in [0.15, 0.2) is 24.3 Å². The van der Waals surface area contributed by atoms with E-state index >= 15 is 0 Å². The second kappa shape index (κ2) is 9.45. The van der Waals surface area contributed by atoms with Crippen LogP contribution in [0.5, 0.6) is 5.75 Å². The van der Waals surface area contributed by atoms with Gasteiger partial charge in [0.2, 0.25) is 0 Å². The second-order valence-electron chi connectivity index (χ2n) is 10.0. The predicted molar refractivity (Wildman–Crippen MR) is 113 cm³/mol. The summed E-state index contributed by atoms with van der Waals surface area (Å²) in [7, 11) is 0. The smallest absolute Gasteiger partial charge is 0.122 e. The van der Waals surface area contributed by atoms with Crippen molar-refractivity contribution in [3.8, 4) is 5.75 Å². The van der Waals surface area contributed by atoms with Gasteiger partial charge < -0.3 is 9.47 Å². The summed E-state index contributed by atoms with van der Waals surface area (Å²) in [5.74, 6) is 3.99. The number of para-hydroxylation sites is 1. The Kier molecular flexibility index (Phi) is 7.25. The van der Waals surface area contributed by atoms with Crippen molar-refractivity contribution in [1.82, 2.24) is 0 Å². The van der Waals surface area contributed by atoms with Gasteiger partial charge in [0.1, 0.15) is 5.75 Å². The summed E-state index contributed by atoms with van der Waals surface area (Å²) in [6.45, 7) is 10.6. The molecule has 0 heterocycles. The van der Waals surface area contributed by atoms with Gasteiger partial charge in [-0.1, -0.05) is 44.4 Å². The van der Waals surface area contributed by atoms with Gasteiger partial charge >= 0.3 is 0 Å². The van der Waals surface area contributed by atoms with E-state index in [1.807, 2.05) is 0 Å². The van der Waals surface area contributed by atoms with Crippen LogP contribution in [0.3, 0.4) is 0 Å². The fourth-order valence-electron chi connectivity index (χ4n) is 4.87. The van der Waals surface area contributed by atoms with Gasteiger partial charge in [-0.15, -0.1) is 0 Å². The lowest BCUT2D eigenvalue weighted by Gasteiger charge is -2.26. The molecule has 27 heavy (non-hydrogen) atoms. The molecule has 0 amide bonds. The number of rotatable bonds is 7. The maximum Gasteiger partial charge on any atom is 0.122 e. The highest BCUT2D eigenvalue weighted by atomic mass is 16.5. The Balaban J connectivity index is 1.48. The van der Waals surface area contributed by atoms with Crippen LogP contribution in [-0.4, -0.2) is 18.8 Å². The third kappa shape index (κ3) is 6.24. The summed E-state index contributed by atoms with van der Waals surface area (Å²) < 4.78 is 12.4. The number of hydrogen-bond donors (Lipinski definition) is 0. The minimum Gasteiger partial charge on any atom is -0.493 e. The predicted octanol–water partition coefficient (Wildman–Crippen LogP) is 6.98. The van der Waals surface area contributed by atoms with Crippen molar-refractivity contribution in [3.63, 3.8) is 0 Å². The number of hydrogen-bond acceptors (Lipinski definition) is 2. The van der Waals surface area contributed by atoms with E-state index in [2.05, 4.69) is 52.0 Å². The lowest BCUT2D eigenvalue weighted by molar-refractivity contribution is -0.0286. The molecule has 2 saturated carbocycles. The molecule has 0 aromatic heterocycles. The summed E-state index contributed by atoms with van der Waals surface area (Å²) in [6.07, 6.45) is 10.7. The SMILES string of the molecule is CC(COC(C)(C)C)C1CC[C@H](COc2ccccc2C2CCCCC2)C1. The molecule has 2 heteroatoms. The van der Waals surface area contributed by atoms with Crippen molar-refractivity contribution in [2.24, 2.45) is 17.8 Å². The molecule has 0 bridgehead atoms. The third-order valence-electron chi connectivity index (χ3n) is 6.60. The van der Waals surface area contributed by atoms with Crippen LogP contribution in [0.25, 0.3) is 0 Å². The van der Waals surface area contributed by atoms with Crippen molar-refractivity contribution in [3.05, 3.63) is 29.8 Å². The molecule has 3 atom stereocenters. The Morgan fingerprint density at radius 2 is 1.74 bits per heavy atom. The monoisotopic (exact) mass is 372 g/mol. The Bertz CT molecular complexity index is 568. The molecule has 0 N–H and O–H groups in total. The summed E-state index contributed by atoms with van der Waals surface area (Å²) in [6, 6.07) is 8.80. The van der Waals surface area contributed by atoms with Gasteiger partial charge in [-0.25, -0.2) is 0 Å². The average Bonchev–Trinajstić information content (AvgIpc) is 3.14. The standard InChI is InChI=1S/C25H40O2/c1-19(17-27-25(2,3)4)22-15-14-20(16-22)18-26-24-13-9-8-12-23(24)21-10-6-5-7-11-21/h8-9,12-13,19-22H,5-7,10-11,14-18H2,1-4H3/t19?,20-,22?/m0/s1. The van der Waals surface area contributed by atoms with Crippen molar-refractivity contribution in [1.29, 1.82) is 0 Å². The molecule has 0 spiro atoms.